The van der Waals surface area contributed by atoms with E-state index < -0.39 is 0 Å². The maximum Gasteiger partial charge on any atom is 0.262 e. The van der Waals surface area contributed by atoms with Crippen molar-refractivity contribution in [2.75, 3.05) is 36.5 Å². The van der Waals surface area contributed by atoms with E-state index >= 15 is 0 Å². The van der Waals surface area contributed by atoms with Crippen molar-refractivity contribution in [2.45, 2.75) is 6.54 Å². The molecule has 0 unspecified atom stereocenters. The van der Waals surface area contributed by atoms with Gasteiger partial charge in [0.05, 0.1) is 3.57 Å². The summed E-state index contributed by atoms with van der Waals surface area (Å²) in [6, 6.07) is 15.7. The lowest BCUT2D eigenvalue weighted by Gasteiger charge is -2.26. The minimum absolute atomic E-state index is 0.00753. The monoisotopic (exact) mass is 468 g/mol. The fourth-order valence-electron chi connectivity index (χ4n) is 2.67. The third kappa shape index (κ3) is 5.90. The van der Waals surface area contributed by atoms with Gasteiger partial charge in [0, 0.05) is 36.8 Å². The molecular formula is C19H21IN2O2S. The number of anilines is 1. The van der Waals surface area contributed by atoms with Gasteiger partial charge in [-0.3, -0.25) is 9.69 Å². The summed E-state index contributed by atoms with van der Waals surface area (Å²) in [7, 11) is 0. The number of nitrogens with zero attached hydrogens (tertiary/aromatic N) is 1. The Bertz CT molecular complexity index is 720. The third-order valence-corrected chi connectivity index (χ3v) is 5.75. The van der Waals surface area contributed by atoms with Gasteiger partial charge in [-0.15, -0.1) is 0 Å². The van der Waals surface area contributed by atoms with Crippen LogP contribution in [0.4, 0.5) is 5.69 Å². The van der Waals surface area contributed by atoms with E-state index in [4.69, 9.17) is 4.74 Å². The van der Waals surface area contributed by atoms with Crippen LogP contribution in [-0.2, 0) is 11.3 Å². The molecule has 2 aromatic rings. The Labute approximate surface area is 166 Å². The lowest BCUT2D eigenvalue weighted by molar-refractivity contribution is -0.118. The van der Waals surface area contributed by atoms with Gasteiger partial charge in [-0.25, -0.2) is 0 Å². The predicted octanol–water partition coefficient (Wildman–Crippen LogP) is 3.86. The highest BCUT2D eigenvalue weighted by atomic mass is 127. The normalized spacial score (nSPS) is 14.9. The van der Waals surface area contributed by atoms with Crippen molar-refractivity contribution in [3.63, 3.8) is 0 Å². The van der Waals surface area contributed by atoms with Crippen LogP contribution in [0, 0.1) is 3.57 Å². The van der Waals surface area contributed by atoms with Crippen molar-refractivity contribution >= 4 is 45.9 Å². The molecule has 6 heteroatoms. The van der Waals surface area contributed by atoms with Crippen molar-refractivity contribution < 1.29 is 9.53 Å². The Morgan fingerprint density at radius 1 is 1.16 bits per heavy atom. The number of hydrogen-bond acceptors (Lipinski definition) is 4. The topological polar surface area (TPSA) is 41.6 Å². The van der Waals surface area contributed by atoms with Gasteiger partial charge in [0.1, 0.15) is 5.75 Å². The molecule has 1 heterocycles. The summed E-state index contributed by atoms with van der Waals surface area (Å²) < 4.78 is 6.59. The van der Waals surface area contributed by atoms with Gasteiger partial charge in [-0.05, 0) is 52.4 Å². The van der Waals surface area contributed by atoms with Crippen LogP contribution >= 0.6 is 34.4 Å². The maximum atomic E-state index is 12.1. The van der Waals surface area contributed by atoms with E-state index in [0.29, 0.717) is 0 Å². The molecule has 1 N–H and O–H groups in total. The molecule has 0 bridgehead atoms. The number of rotatable bonds is 6. The molecule has 132 valence electrons. The number of amides is 1. The zero-order valence-electron chi connectivity index (χ0n) is 13.9. The van der Waals surface area contributed by atoms with Crippen LogP contribution < -0.4 is 10.1 Å². The Hall–Kier alpha value is -1.25. The molecule has 0 aliphatic carbocycles. The number of halogens is 1. The van der Waals surface area contributed by atoms with Gasteiger partial charge in [0.25, 0.3) is 5.91 Å². The molecule has 2 aromatic carbocycles. The van der Waals surface area contributed by atoms with E-state index in [1.165, 1.54) is 17.1 Å². The van der Waals surface area contributed by atoms with Crippen LogP contribution in [0.1, 0.15) is 5.56 Å². The zero-order valence-corrected chi connectivity index (χ0v) is 16.9. The highest BCUT2D eigenvalue weighted by molar-refractivity contribution is 14.1. The van der Waals surface area contributed by atoms with Crippen LogP contribution in [0.25, 0.3) is 0 Å². The third-order valence-electron chi connectivity index (χ3n) is 3.92. The summed E-state index contributed by atoms with van der Waals surface area (Å²) in [5, 5.41) is 2.92. The molecule has 4 nitrogen and oxygen atoms in total. The number of carbonyl (C=O) groups excluding carboxylic acids is 1. The highest BCUT2D eigenvalue weighted by Crippen LogP contribution is 2.20. The average Bonchev–Trinajstić information content (AvgIpc) is 2.62. The van der Waals surface area contributed by atoms with Crippen molar-refractivity contribution in [3.05, 3.63) is 57.7 Å². The van der Waals surface area contributed by atoms with E-state index in [9.17, 15) is 4.79 Å². The quantitative estimate of drug-likeness (QED) is 0.654. The number of thioether (sulfide) groups is 1. The first-order valence-electron chi connectivity index (χ1n) is 8.27. The molecule has 1 amide bonds. The highest BCUT2D eigenvalue weighted by Gasteiger charge is 2.11. The lowest BCUT2D eigenvalue weighted by atomic mass is 10.2. The second kappa shape index (κ2) is 9.45. The van der Waals surface area contributed by atoms with Gasteiger partial charge in [0.15, 0.2) is 6.61 Å². The molecule has 1 fully saturated rings. The van der Waals surface area contributed by atoms with E-state index in [2.05, 4.69) is 38.9 Å². The van der Waals surface area contributed by atoms with Crippen LogP contribution in [-0.4, -0.2) is 42.0 Å². The minimum atomic E-state index is -0.147. The predicted molar refractivity (Wildman–Crippen MR) is 112 cm³/mol. The zero-order chi connectivity index (χ0) is 17.5. The Balaban J connectivity index is 1.52. The SMILES string of the molecule is O=C(COc1ccccc1I)Nc1cccc(CN2CCSCC2)c1. The van der Waals surface area contributed by atoms with Crippen LogP contribution in [0.15, 0.2) is 48.5 Å². The summed E-state index contributed by atoms with van der Waals surface area (Å²) in [4.78, 5) is 14.6. The molecule has 3 rings (SSSR count). The van der Waals surface area contributed by atoms with Crippen LogP contribution in [0.2, 0.25) is 0 Å². The summed E-state index contributed by atoms with van der Waals surface area (Å²) >= 11 is 4.21. The number of ether oxygens (including phenoxy) is 1. The van der Waals surface area contributed by atoms with E-state index in [1.807, 2.05) is 54.2 Å². The Kier molecular flexibility index (Phi) is 7.01. The second-order valence-corrected chi connectivity index (χ2v) is 8.24. The van der Waals surface area contributed by atoms with Crippen molar-refractivity contribution in [1.29, 1.82) is 0 Å². The molecule has 0 radical (unpaired) electrons. The maximum absolute atomic E-state index is 12.1. The summed E-state index contributed by atoms with van der Waals surface area (Å²) in [5.74, 6) is 2.99. The largest absolute Gasteiger partial charge is 0.483 e. The molecule has 0 atom stereocenters. The second-order valence-electron chi connectivity index (χ2n) is 5.86. The van der Waals surface area contributed by atoms with Crippen molar-refractivity contribution in [3.8, 4) is 5.75 Å². The molecule has 0 saturated carbocycles. The van der Waals surface area contributed by atoms with Crippen LogP contribution in [0.5, 0.6) is 5.75 Å². The number of nitrogens with one attached hydrogen (secondary N) is 1. The summed E-state index contributed by atoms with van der Waals surface area (Å²) in [5.41, 5.74) is 2.04. The average molecular weight is 468 g/mol. The van der Waals surface area contributed by atoms with Gasteiger partial charge in [-0.2, -0.15) is 11.8 Å². The molecule has 0 spiro atoms. The minimum Gasteiger partial charge on any atom is -0.483 e. The first-order chi connectivity index (χ1) is 12.2. The van der Waals surface area contributed by atoms with E-state index in [-0.39, 0.29) is 12.5 Å². The summed E-state index contributed by atoms with van der Waals surface area (Å²) in [6.07, 6.45) is 0. The number of para-hydroxylation sites is 1. The van der Waals surface area contributed by atoms with Gasteiger partial charge < -0.3 is 10.1 Å². The van der Waals surface area contributed by atoms with Crippen LogP contribution in [0.3, 0.4) is 0 Å². The lowest BCUT2D eigenvalue weighted by Crippen LogP contribution is -2.32. The fraction of sp³-hybridized carbons (Fsp3) is 0.316. The number of hydrogen-bond donors (Lipinski definition) is 1. The first kappa shape index (κ1) is 18.5. The molecular weight excluding hydrogens is 447 g/mol. The van der Waals surface area contributed by atoms with Gasteiger partial charge in [-0.1, -0.05) is 24.3 Å². The fourth-order valence-corrected chi connectivity index (χ4v) is 4.19. The van der Waals surface area contributed by atoms with E-state index in [0.717, 1.165) is 34.6 Å². The molecule has 1 aliphatic heterocycles. The number of benzene rings is 2. The smallest absolute Gasteiger partial charge is 0.262 e. The van der Waals surface area contributed by atoms with Gasteiger partial charge >= 0.3 is 0 Å². The summed E-state index contributed by atoms with van der Waals surface area (Å²) in [6.45, 7) is 3.20. The first-order valence-corrected chi connectivity index (χ1v) is 10.5. The number of carbonyl (C=O) groups is 1. The van der Waals surface area contributed by atoms with Crippen molar-refractivity contribution in [2.24, 2.45) is 0 Å². The van der Waals surface area contributed by atoms with E-state index in [1.54, 1.807) is 0 Å². The van der Waals surface area contributed by atoms with Crippen molar-refractivity contribution in [1.82, 2.24) is 4.90 Å². The molecule has 1 aliphatic rings. The Morgan fingerprint density at radius 3 is 2.76 bits per heavy atom. The standard InChI is InChI=1S/C19H21IN2O2S/c20-17-6-1-2-7-18(17)24-14-19(23)21-16-5-3-4-15(12-16)13-22-8-10-25-11-9-22/h1-7,12H,8-11,13-14H2,(H,21,23). The molecule has 0 aromatic heterocycles. The van der Waals surface area contributed by atoms with Gasteiger partial charge in [0.2, 0.25) is 0 Å². The molecule has 1 saturated heterocycles. The Morgan fingerprint density at radius 2 is 1.96 bits per heavy atom. The molecule has 25 heavy (non-hydrogen) atoms.